The molecule has 20 heavy (non-hydrogen) atoms. The van der Waals surface area contributed by atoms with Gasteiger partial charge in [-0.2, -0.15) is 10.1 Å². The van der Waals surface area contributed by atoms with E-state index in [1.807, 2.05) is 24.3 Å². The first-order valence-corrected chi connectivity index (χ1v) is 6.71. The van der Waals surface area contributed by atoms with Crippen molar-refractivity contribution in [2.45, 2.75) is 33.1 Å². The molecule has 0 radical (unpaired) electrons. The Kier molecular flexibility index (Phi) is 3.04. The maximum absolute atomic E-state index is 11.7. The van der Waals surface area contributed by atoms with Gasteiger partial charge in [-0.3, -0.25) is 4.79 Å². The van der Waals surface area contributed by atoms with Crippen LogP contribution in [0.3, 0.4) is 0 Å². The van der Waals surface area contributed by atoms with E-state index in [4.69, 9.17) is 4.42 Å². The first-order valence-electron chi connectivity index (χ1n) is 6.71. The summed E-state index contributed by atoms with van der Waals surface area (Å²) in [5.41, 5.74) is 5.16. The zero-order valence-electron chi connectivity index (χ0n) is 11.6. The van der Waals surface area contributed by atoms with Crippen LogP contribution in [0.15, 0.2) is 33.8 Å². The first kappa shape index (κ1) is 12.8. The predicted molar refractivity (Wildman–Crippen MR) is 77.7 cm³/mol. The Labute approximate surface area is 117 Å². The van der Waals surface area contributed by atoms with E-state index in [0.29, 0.717) is 18.9 Å². The Hall–Kier alpha value is -2.17. The lowest BCUT2D eigenvalue weighted by molar-refractivity contribution is -0.120. The third-order valence-corrected chi connectivity index (χ3v) is 3.36. The molecular formula is C15H17N3O2. The molecule has 1 aromatic carbocycles. The summed E-state index contributed by atoms with van der Waals surface area (Å²) in [5, 5.41) is 4.28. The highest BCUT2D eigenvalue weighted by Crippen LogP contribution is 2.31. The smallest absolute Gasteiger partial charge is 0.316 e. The number of rotatable bonds is 2. The Morgan fingerprint density at radius 1 is 1.30 bits per heavy atom. The summed E-state index contributed by atoms with van der Waals surface area (Å²) in [6.45, 7) is 4.16. The number of Topliss-reactive ketones (excluding diaryl/α,β-unsaturated/α-hetero) is 1. The topological polar surface area (TPSA) is 67.5 Å². The highest BCUT2D eigenvalue weighted by atomic mass is 16.4. The normalized spacial score (nSPS) is 20.5. The van der Waals surface area contributed by atoms with Crippen LogP contribution in [0, 0.1) is 5.41 Å². The van der Waals surface area contributed by atoms with Crippen molar-refractivity contribution in [2.24, 2.45) is 10.5 Å². The number of benzene rings is 1. The minimum atomic E-state index is -0.0167. The maximum atomic E-state index is 11.7. The molecule has 0 atom stereocenters. The van der Waals surface area contributed by atoms with E-state index >= 15 is 0 Å². The van der Waals surface area contributed by atoms with Gasteiger partial charge in [-0.1, -0.05) is 26.0 Å². The van der Waals surface area contributed by atoms with Crippen LogP contribution in [-0.2, 0) is 4.79 Å². The number of oxazole rings is 1. The van der Waals surface area contributed by atoms with Gasteiger partial charge in [0, 0.05) is 18.6 Å². The van der Waals surface area contributed by atoms with Crippen LogP contribution in [0.25, 0.3) is 11.1 Å². The molecule has 1 aliphatic carbocycles. The fraction of sp³-hybridized carbons (Fsp3) is 0.400. The number of nitrogens with one attached hydrogen (secondary N) is 1. The number of ketones is 1. The number of aromatic nitrogens is 1. The summed E-state index contributed by atoms with van der Waals surface area (Å²) in [5.74, 6) is 0.236. The molecule has 0 saturated heterocycles. The molecular weight excluding hydrogens is 254 g/mol. The van der Waals surface area contributed by atoms with E-state index in [0.717, 1.165) is 23.2 Å². The number of carbonyl (C=O) groups excluding carboxylic acids is 1. The molecule has 0 spiro atoms. The quantitative estimate of drug-likeness (QED) is 0.850. The summed E-state index contributed by atoms with van der Waals surface area (Å²) >= 11 is 0. The molecule has 5 heteroatoms. The van der Waals surface area contributed by atoms with Gasteiger partial charge in [-0.15, -0.1) is 0 Å². The van der Waals surface area contributed by atoms with Gasteiger partial charge in [0.2, 0.25) is 0 Å². The lowest BCUT2D eigenvalue weighted by Crippen LogP contribution is -2.29. The van der Waals surface area contributed by atoms with Gasteiger partial charge < -0.3 is 4.42 Å². The van der Waals surface area contributed by atoms with E-state index < -0.39 is 0 Å². The minimum absolute atomic E-state index is 0.0167. The summed E-state index contributed by atoms with van der Waals surface area (Å²) < 4.78 is 5.52. The highest BCUT2D eigenvalue weighted by Gasteiger charge is 2.30. The van der Waals surface area contributed by atoms with Gasteiger partial charge in [0.25, 0.3) is 0 Å². The maximum Gasteiger partial charge on any atom is 0.316 e. The van der Waals surface area contributed by atoms with Crippen molar-refractivity contribution >= 4 is 28.6 Å². The minimum Gasteiger partial charge on any atom is -0.422 e. The second-order valence-corrected chi connectivity index (χ2v) is 6.01. The van der Waals surface area contributed by atoms with Gasteiger partial charge in [0.15, 0.2) is 5.58 Å². The highest BCUT2D eigenvalue weighted by molar-refractivity contribution is 6.05. The van der Waals surface area contributed by atoms with Gasteiger partial charge in [0.1, 0.15) is 11.3 Å². The van der Waals surface area contributed by atoms with Crippen molar-refractivity contribution in [1.29, 1.82) is 0 Å². The van der Waals surface area contributed by atoms with Crippen molar-refractivity contribution in [2.75, 3.05) is 5.43 Å². The molecule has 1 aromatic heterocycles. The number of anilines is 1. The standard InChI is InChI=1S/C15H17N3O2/c1-15(2)8-10(7-11(19)9-15)17-18-14-16-12-5-3-4-6-13(12)20-14/h3-6H,7-9H2,1-2H3,(H,16,18)/b17-10-. The number of hydrogen-bond donors (Lipinski definition) is 1. The van der Waals surface area contributed by atoms with Crippen LogP contribution in [0.1, 0.15) is 33.1 Å². The average Bonchev–Trinajstić information content (AvgIpc) is 2.76. The van der Waals surface area contributed by atoms with Crippen LogP contribution in [0.2, 0.25) is 0 Å². The summed E-state index contributed by atoms with van der Waals surface area (Å²) in [6.07, 6.45) is 1.84. The molecule has 1 aliphatic rings. The second kappa shape index (κ2) is 4.74. The average molecular weight is 271 g/mol. The van der Waals surface area contributed by atoms with Gasteiger partial charge >= 0.3 is 6.01 Å². The van der Waals surface area contributed by atoms with Gasteiger partial charge in [0.05, 0.1) is 0 Å². The van der Waals surface area contributed by atoms with Crippen molar-refractivity contribution in [3.8, 4) is 0 Å². The van der Waals surface area contributed by atoms with Crippen molar-refractivity contribution in [1.82, 2.24) is 4.98 Å². The Bertz CT molecular complexity index is 652. The summed E-state index contributed by atoms with van der Waals surface area (Å²) in [6, 6.07) is 7.89. The largest absolute Gasteiger partial charge is 0.422 e. The molecule has 1 saturated carbocycles. The van der Waals surface area contributed by atoms with Gasteiger partial charge in [-0.05, 0) is 24.0 Å². The third kappa shape index (κ3) is 2.71. The molecule has 0 aliphatic heterocycles. The van der Waals surface area contributed by atoms with Crippen LogP contribution in [-0.4, -0.2) is 16.5 Å². The molecule has 104 valence electrons. The predicted octanol–water partition coefficient (Wildman–Crippen LogP) is 3.37. The second-order valence-electron chi connectivity index (χ2n) is 6.01. The van der Waals surface area contributed by atoms with Crippen molar-refractivity contribution in [3.05, 3.63) is 24.3 Å². The number of para-hydroxylation sites is 2. The molecule has 1 fully saturated rings. The lowest BCUT2D eigenvalue weighted by atomic mass is 9.76. The van der Waals surface area contributed by atoms with Crippen LogP contribution in [0.5, 0.6) is 0 Å². The molecule has 1 N–H and O–H groups in total. The number of fused-ring (bicyclic) bond motifs is 1. The van der Waals surface area contributed by atoms with Crippen LogP contribution >= 0.6 is 0 Å². The fourth-order valence-electron chi connectivity index (χ4n) is 2.63. The monoisotopic (exact) mass is 271 g/mol. The number of nitrogens with zero attached hydrogens (tertiary/aromatic N) is 2. The number of hydrazone groups is 1. The zero-order chi connectivity index (χ0) is 14.2. The van der Waals surface area contributed by atoms with E-state index in [2.05, 4.69) is 29.4 Å². The first-order chi connectivity index (χ1) is 9.52. The molecule has 5 nitrogen and oxygen atoms in total. The molecule has 1 heterocycles. The van der Waals surface area contributed by atoms with Crippen LogP contribution in [0.4, 0.5) is 6.01 Å². The SMILES string of the molecule is CC1(C)CC(=O)C/C(=N/Nc2nc3ccccc3o2)C1. The number of carbonyl (C=O) groups is 1. The van der Waals surface area contributed by atoms with Crippen molar-refractivity contribution in [3.63, 3.8) is 0 Å². The van der Waals surface area contributed by atoms with E-state index in [1.165, 1.54) is 0 Å². The molecule has 3 rings (SSSR count). The van der Waals surface area contributed by atoms with Crippen molar-refractivity contribution < 1.29 is 9.21 Å². The van der Waals surface area contributed by atoms with Gasteiger partial charge in [-0.25, -0.2) is 5.43 Å². The lowest BCUT2D eigenvalue weighted by Gasteiger charge is -2.28. The number of hydrogen-bond acceptors (Lipinski definition) is 5. The molecule has 0 amide bonds. The summed E-state index contributed by atoms with van der Waals surface area (Å²) in [4.78, 5) is 16.0. The fourth-order valence-corrected chi connectivity index (χ4v) is 2.63. The summed E-state index contributed by atoms with van der Waals surface area (Å²) in [7, 11) is 0. The van der Waals surface area contributed by atoms with Crippen LogP contribution < -0.4 is 5.43 Å². The Morgan fingerprint density at radius 3 is 2.85 bits per heavy atom. The van der Waals surface area contributed by atoms with E-state index in [9.17, 15) is 4.79 Å². The molecule has 2 aromatic rings. The van der Waals surface area contributed by atoms with E-state index in [1.54, 1.807) is 0 Å². The zero-order valence-corrected chi connectivity index (χ0v) is 11.6. The third-order valence-electron chi connectivity index (χ3n) is 3.36. The Balaban J connectivity index is 1.77. The Morgan fingerprint density at radius 2 is 2.10 bits per heavy atom. The molecule has 0 unspecified atom stereocenters. The molecule has 0 bridgehead atoms. The van der Waals surface area contributed by atoms with E-state index in [-0.39, 0.29) is 11.2 Å².